The van der Waals surface area contributed by atoms with Gasteiger partial charge in [-0.1, -0.05) is 37.3 Å². The SMILES string of the molecule is CCC(c1ccccc1)[n+]1ccn(C)c1.[Br-]. The van der Waals surface area contributed by atoms with Gasteiger partial charge in [0.25, 0.3) is 0 Å². The van der Waals surface area contributed by atoms with E-state index in [4.69, 9.17) is 0 Å². The second-order valence-corrected chi connectivity index (χ2v) is 3.86. The van der Waals surface area contributed by atoms with E-state index in [0.717, 1.165) is 6.42 Å². The largest absolute Gasteiger partial charge is 1.00 e. The summed E-state index contributed by atoms with van der Waals surface area (Å²) in [6.07, 6.45) is 7.44. The van der Waals surface area contributed by atoms with E-state index in [-0.39, 0.29) is 17.0 Å². The Bertz CT molecular complexity index is 423. The predicted octanol–water partition coefficient (Wildman–Crippen LogP) is -0.684. The molecular weight excluding hydrogens is 264 g/mol. The maximum absolute atomic E-state index is 2.26. The average Bonchev–Trinajstić information content (AvgIpc) is 2.68. The summed E-state index contributed by atoms with van der Waals surface area (Å²) >= 11 is 0. The normalized spacial score (nSPS) is 11.9. The first kappa shape index (κ1) is 13.0. The lowest BCUT2D eigenvalue weighted by molar-refractivity contribution is -0.713. The van der Waals surface area contributed by atoms with Crippen molar-refractivity contribution in [2.75, 3.05) is 0 Å². The maximum atomic E-state index is 2.26. The fourth-order valence-corrected chi connectivity index (χ4v) is 1.95. The number of hydrogen-bond acceptors (Lipinski definition) is 0. The van der Waals surface area contributed by atoms with E-state index in [1.807, 2.05) is 7.05 Å². The number of imidazole rings is 1. The summed E-state index contributed by atoms with van der Waals surface area (Å²) in [6.45, 7) is 2.22. The molecule has 0 bridgehead atoms. The molecule has 1 aromatic heterocycles. The van der Waals surface area contributed by atoms with Gasteiger partial charge in [-0.05, 0) is 12.0 Å². The molecule has 0 fully saturated rings. The van der Waals surface area contributed by atoms with Gasteiger partial charge in [0.1, 0.15) is 18.4 Å². The van der Waals surface area contributed by atoms with Gasteiger partial charge in [0.15, 0.2) is 0 Å². The molecule has 1 aromatic carbocycles. The van der Waals surface area contributed by atoms with Crippen LogP contribution < -0.4 is 21.5 Å². The molecule has 2 nitrogen and oxygen atoms in total. The van der Waals surface area contributed by atoms with Gasteiger partial charge in [0, 0.05) is 0 Å². The molecule has 0 aliphatic carbocycles. The lowest BCUT2D eigenvalue weighted by atomic mass is 10.0. The highest BCUT2D eigenvalue weighted by atomic mass is 79.9. The quantitative estimate of drug-likeness (QED) is 0.659. The molecule has 0 spiro atoms. The predicted molar refractivity (Wildman–Crippen MR) is 60.5 cm³/mol. The molecule has 2 rings (SSSR count). The van der Waals surface area contributed by atoms with Crippen LogP contribution in [0.1, 0.15) is 24.9 Å². The van der Waals surface area contributed by atoms with E-state index < -0.39 is 0 Å². The van der Waals surface area contributed by atoms with Gasteiger partial charge < -0.3 is 17.0 Å². The molecule has 0 aliphatic rings. The number of aromatic nitrogens is 2. The number of hydrogen-bond donors (Lipinski definition) is 0. The van der Waals surface area contributed by atoms with Crippen LogP contribution in [0, 0.1) is 0 Å². The first-order valence-corrected chi connectivity index (χ1v) is 5.39. The van der Waals surface area contributed by atoms with E-state index >= 15 is 0 Å². The minimum absolute atomic E-state index is 0. The fourth-order valence-electron chi connectivity index (χ4n) is 1.95. The molecule has 1 unspecified atom stereocenters. The van der Waals surface area contributed by atoms with Crippen LogP contribution in [0.5, 0.6) is 0 Å². The number of halogens is 1. The minimum atomic E-state index is 0. The highest BCUT2D eigenvalue weighted by Gasteiger charge is 2.15. The zero-order valence-electron chi connectivity index (χ0n) is 9.68. The number of nitrogens with zero attached hydrogens (tertiary/aromatic N) is 2. The molecular formula is C13H17BrN2. The Morgan fingerprint density at radius 2 is 1.94 bits per heavy atom. The third-order valence-corrected chi connectivity index (χ3v) is 2.72. The molecule has 0 aliphatic heterocycles. The molecule has 0 saturated carbocycles. The summed E-state index contributed by atoms with van der Waals surface area (Å²) < 4.78 is 4.33. The van der Waals surface area contributed by atoms with Crippen molar-refractivity contribution >= 4 is 0 Å². The zero-order chi connectivity index (χ0) is 10.7. The summed E-state index contributed by atoms with van der Waals surface area (Å²) in [4.78, 5) is 0. The van der Waals surface area contributed by atoms with Crippen molar-refractivity contribution < 1.29 is 21.5 Å². The van der Waals surface area contributed by atoms with Crippen LogP contribution in [-0.2, 0) is 7.05 Å². The van der Waals surface area contributed by atoms with Crippen LogP contribution in [0.3, 0.4) is 0 Å². The van der Waals surface area contributed by atoms with E-state index in [2.05, 4.69) is 65.1 Å². The fraction of sp³-hybridized carbons (Fsp3) is 0.308. The van der Waals surface area contributed by atoms with E-state index in [1.165, 1.54) is 5.56 Å². The first-order chi connectivity index (χ1) is 7.31. The highest BCUT2D eigenvalue weighted by Crippen LogP contribution is 2.14. The monoisotopic (exact) mass is 280 g/mol. The number of aryl methyl sites for hydroxylation is 1. The molecule has 2 aromatic rings. The average molecular weight is 281 g/mol. The van der Waals surface area contributed by atoms with E-state index in [1.54, 1.807) is 0 Å². The van der Waals surface area contributed by atoms with E-state index in [0.29, 0.717) is 6.04 Å². The molecule has 0 amide bonds. The molecule has 0 radical (unpaired) electrons. The Morgan fingerprint density at radius 1 is 1.25 bits per heavy atom. The van der Waals surface area contributed by atoms with Crippen LogP contribution in [0.25, 0.3) is 0 Å². The van der Waals surface area contributed by atoms with Crippen molar-refractivity contribution in [3.8, 4) is 0 Å². The van der Waals surface area contributed by atoms with Gasteiger partial charge in [-0.3, -0.25) is 0 Å². The van der Waals surface area contributed by atoms with Crippen LogP contribution >= 0.6 is 0 Å². The Kier molecular flexibility index (Phi) is 4.74. The van der Waals surface area contributed by atoms with Crippen molar-refractivity contribution in [3.63, 3.8) is 0 Å². The second-order valence-electron chi connectivity index (χ2n) is 3.86. The van der Waals surface area contributed by atoms with Gasteiger partial charge in [-0.25, -0.2) is 9.13 Å². The van der Waals surface area contributed by atoms with E-state index in [9.17, 15) is 0 Å². The Balaban J connectivity index is 0.00000128. The van der Waals surface area contributed by atoms with Crippen molar-refractivity contribution in [2.45, 2.75) is 19.4 Å². The third kappa shape index (κ3) is 2.73. The number of benzene rings is 1. The smallest absolute Gasteiger partial charge is 0.244 e. The Hall–Kier alpha value is -1.09. The summed E-state index contributed by atoms with van der Waals surface area (Å²) in [5.41, 5.74) is 1.37. The van der Waals surface area contributed by atoms with Gasteiger partial charge in [0.2, 0.25) is 6.33 Å². The van der Waals surface area contributed by atoms with Gasteiger partial charge in [-0.2, -0.15) is 0 Å². The van der Waals surface area contributed by atoms with Crippen LogP contribution in [0.4, 0.5) is 0 Å². The number of rotatable bonds is 3. The van der Waals surface area contributed by atoms with Gasteiger partial charge in [-0.15, -0.1) is 0 Å². The summed E-state index contributed by atoms with van der Waals surface area (Å²) in [5.74, 6) is 0. The van der Waals surface area contributed by atoms with Crippen molar-refractivity contribution in [1.82, 2.24) is 4.57 Å². The van der Waals surface area contributed by atoms with Crippen molar-refractivity contribution in [3.05, 3.63) is 54.6 Å². The molecule has 0 saturated heterocycles. The molecule has 86 valence electrons. The molecule has 0 N–H and O–H groups in total. The third-order valence-electron chi connectivity index (χ3n) is 2.72. The van der Waals surface area contributed by atoms with Crippen molar-refractivity contribution in [2.24, 2.45) is 7.05 Å². The molecule has 3 heteroatoms. The summed E-state index contributed by atoms with van der Waals surface area (Å²) in [5, 5.41) is 0. The summed E-state index contributed by atoms with van der Waals surface area (Å²) in [7, 11) is 2.05. The first-order valence-electron chi connectivity index (χ1n) is 5.39. The maximum Gasteiger partial charge on any atom is 0.244 e. The lowest BCUT2D eigenvalue weighted by Crippen LogP contribution is -3.00. The summed E-state index contributed by atoms with van der Waals surface area (Å²) in [6, 6.07) is 11.1. The Morgan fingerprint density at radius 3 is 2.44 bits per heavy atom. The van der Waals surface area contributed by atoms with Crippen LogP contribution in [-0.4, -0.2) is 4.57 Å². The zero-order valence-corrected chi connectivity index (χ0v) is 11.3. The Labute approximate surface area is 107 Å². The lowest BCUT2D eigenvalue weighted by Gasteiger charge is -2.11. The van der Waals surface area contributed by atoms with Crippen LogP contribution in [0.15, 0.2) is 49.1 Å². The van der Waals surface area contributed by atoms with Crippen LogP contribution in [0.2, 0.25) is 0 Å². The van der Waals surface area contributed by atoms with Crippen molar-refractivity contribution in [1.29, 1.82) is 0 Å². The molecule has 1 heterocycles. The minimum Gasteiger partial charge on any atom is -1.00 e. The van der Waals surface area contributed by atoms with Gasteiger partial charge >= 0.3 is 0 Å². The second kappa shape index (κ2) is 5.85. The standard InChI is InChI=1S/C13H17N2.BrH/c1-3-13(12-7-5-4-6-8-12)15-10-9-14(2)11-15;/h4-11,13H,3H2,1-2H3;1H/q+1;/p-1. The topological polar surface area (TPSA) is 8.81 Å². The molecule has 16 heavy (non-hydrogen) atoms. The molecule has 1 atom stereocenters. The highest BCUT2D eigenvalue weighted by molar-refractivity contribution is 5.16. The van der Waals surface area contributed by atoms with Gasteiger partial charge in [0.05, 0.1) is 7.05 Å².